The number of hydrogen-bond donors (Lipinski definition) is 1. The summed E-state index contributed by atoms with van der Waals surface area (Å²) in [6, 6.07) is 7.92. The lowest BCUT2D eigenvalue weighted by Gasteiger charge is -2.12. The number of carbonyl (C=O) groups is 1. The van der Waals surface area contributed by atoms with Gasteiger partial charge in [-0.15, -0.1) is 0 Å². The maximum Gasteiger partial charge on any atom is 0.150 e. The van der Waals surface area contributed by atoms with Crippen LogP contribution in [0.3, 0.4) is 0 Å². The van der Waals surface area contributed by atoms with E-state index in [1.165, 1.54) is 31.6 Å². The van der Waals surface area contributed by atoms with Gasteiger partial charge >= 0.3 is 0 Å². The van der Waals surface area contributed by atoms with Crippen molar-refractivity contribution in [2.45, 2.75) is 19.4 Å². The summed E-state index contributed by atoms with van der Waals surface area (Å²) in [6.07, 6.45) is 3.53. The number of aromatic amines is 1. The molecule has 0 saturated carbocycles. The van der Waals surface area contributed by atoms with Crippen molar-refractivity contribution in [3.05, 3.63) is 35.5 Å². The number of fused-ring (bicyclic) bond motifs is 1. The molecule has 17 heavy (non-hydrogen) atoms. The number of rotatable bonds is 3. The maximum absolute atomic E-state index is 10.7. The van der Waals surface area contributed by atoms with Crippen LogP contribution in [-0.4, -0.2) is 29.3 Å². The Morgan fingerprint density at radius 1 is 1.24 bits per heavy atom. The van der Waals surface area contributed by atoms with Crippen LogP contribution >= 0.6 is 0 Å². The average molecular weight is 228 g/mol. The largest absolute Gasteiger partial charge is 0.357 e. The van der Waals surface area contributed by atoms with Crippen molar-refractivity contribution in [3.8, 4) is 0 Å². The molecule has 0 spiro atoms. The molecule has 0 unspecified atom stereocenters. The van der Waals surface area contributed by atoms with Crippen LogP contribution in [0.25, 0.3) is 10.9 Å². The van der Waals surface area contributed by atoms with Gasteiger partial charge in [0, 0.05) is 28.7 Å². The minimum absolute atomic E-state index is 0.740. The number of aldehydes is 1. The number of nitrogens with zero attached hydrogens (tertiary/aromatic N) is 1. The van der Waals surface area contributed by atoms with Gasteiger partial charge in [-0.1, -0.05) is 0 Å². The third kappa shape index (κ3) is 2.11. The molecule has 1 aliphatic heterocycles. The first-order valence-electron chi connectivity index (χ1n) is 6.14. The van der Waals surface area contributed by atoms with Crippen molar-refractivity contribution in [3.63, 3.8) is 0 Å². The molecule has 2 heterocycles. The summed E-state index contributed by atoms with van der Waals surface area (Å²) >= 11 is 0. The molecule has 1 N–H and O–H groups in total. The fraction of sp³-hybridized carbons (Fsp3) is 0.357. The Hall–Kier alpha value is -1.61. The summed E-state index contributed by atoms with van der Waals surface area (Å²) in [5.41, 5.74) is 3.10. The monoisotopic (exact) mass is 228 g/mol. The van der Waals surface area contributed by atoms with E-state index in [0.29, 0.717) is 0 Å². The van der Waals surface area contributed by atoms with E-state index in [1.54, 1.807) is 0 Å². The molecule has 1 aliphatic rings. The number of benzene rings is 1. The van der Waals surface area contributed by atoms with E-state index < -0.39 is 0 Å². The molecule has 1 aromatic carbocycles. The first-order valence-corrected chi connectivity index (χ1v) is 6.14. The number of likely N-dealkylation sites (tertiary alicyclic amines) is 1. The van der Waals surface area contributed by atoms with Crippen LogP contribution in [0.4, 0.5) is 0 Å². The molecule has 0 radical (unpaired) electrons. The smallest absolute Gasteiger partial charge is 0.150 e. The predicted molar refractivity (Wildman–Crippen MR) is 68.2 cm³/mol. The highest BCUT2D eigenvalue weighted by atomic mass is 16.1. The van der Waals surface area contributed by atoms with Crippen LogP contribution in [0.1, 0.15) is 28.9 Å². The van der Waals surface area contributed by atoms with E-state index in [4.69, 9.17) is 0 Å². The van der Waals surface area contributed by atoms with E-state index in [0.717, 1.165) is 29.3 Å². The van der Waals surface area contributed by atoms with Crippen molar-refractivity contribution < 1.29 is 4.79 Å². The van der Waals surface area contributed by atoms with Crippen molar-refractivity contribution >= 4 is 17.2 Å². The first-order chi connectivity index (χ1) is 8.35. The minimum Gasteiger partial charge on any atom is -0.357 e. The second-order valence-electron chi connectivity index (χ2n) is 4.74. The van der Waals surface area contributed by atoms with E-state index in [2.05, 4.69) is 16.0 Å². The third-order valence-electron chi connectivity index (χ3n) is 3.43. The first kappa shape index (κ1) is 10.5. The second kappa shape index (κ2) is 4.34. The summed E-state index contributed by atoms with van der Waals surface area (Å²) in [5, 5.41) is 1.13. The zero-order chi connectivity index (χ0) is 11.7. The van der Waals surface area contributed by atoms with E-state index >= 15 is 0 Å². The minimum atomic E-state index is 0.740. The number of hydrogen-bond acceptors (Lipinski definition) is 2. The molecule has 3 rings (SSSR count). The van der Waals surface area contributed by atoms with Gasteiger partial charge in [-0.2, -0.15) is 0 Å². The Morgan fingerprint density at radius 2 is 2.06 bits per heavy atom. The van der Waals surface area contributed by atoms with Crippen molar-refractivity contribution in [2.75, 3.05) is 13.1 Å². The molecule has 2 aromatic rings. The molecule has 3 nitrogen and oxygen atoms in total. The van der Waals surface area contributed by atoms with Crippen molar-refractivity contribution in [1.29, 1.82) is 0 Å². The summed E-state index contributed by atoms with van der Waals surface area (Å²) < 4.78 is 0. The maximum atomic E-state index is 10.7. The van der Waals surface area contributed by atoms with Crippen LogP contribution < -0.4 is 0 Å². The van der Waals surface area contributed by atoms with Gasteiger partial charge in [0.2, 0.25) is 0 Å². The molecule has 0 amide bonds. The van der Waals surface area contributed by atoms with Gasteiger partial charge in [0.15, 0.2) is 0 Å². The Kier molecular flexibility index (Phi) is 2.69. The van der Waals surface area contributed by atoms with Gasteiger partial charge < -0.3 is 4.98 Å². The van der Waals surface area contributed by atoms with Crippen molar-refractivity contribution in [1.82, 2.24) is 9.88 Å². The SMILES string of the molecule is O=Cc1ccc2[nH]c(CN3CCCC3)cc2c1. The Bertz CT molecular complexity index is 538. The van der Waals surface area contributed by atoms with Crippen LogP contribution in [-0.2, 0) is 6.54 Å². The Morgan fingerprint density at radius 3 is 2.82 bits per heavy atom. The molecule has 1 saturated heterocycles. The van der Waals surface area contributed by atoms with E-state index in [1.807, 2.05) is 18.2 Å². The molecule has 0 bridgehead atoms. The molecule has 1 aromatic heterocycles. The van der Waals surface area contributed by atoms with E-state index in [-0.39, 0.29) is 0 Å². The third-order valence-corrected chi connectivity index (χ3v) is 3.43. The molecular formula is C14H16N2O. The summed E-state index contributed by atoms with van der Waals surface area (Å²) in [5.74, 6) is 0. The molecule has 0 aliphatic carbocycles. The molecule has 3 heteroatoms. The Labute approximate surface area is 100 Å². The lowest BCUT2D eigenvalue weighted by atomic mass is 10.2. The number of nitrogens with one attached hydrogen (secondary N) is 1. The number of aromatic nitrogens is 1. The zero-order valence-corrected chi connectivity index (χ0v) is 9.78. The fourth-order valence-electron chi connectivity index (χ4n) is 2.55. The summed E-state index contributed by atoms with van der Waals surface area (Å²) in [4.78, 5) is 16.6. The average Bonchev–Trinajstić information content (AvgIpc) is 2.96. The van der Waals surface area contributed by atoms with Gasteiger partial charge in [0.25, 0.3) is 0 Å². The van der Waals surface area contributed by atoms with Gasteiger partial charge in [-0.25, -0.2) is 0 Å². The number of carbonyl (C=O) groups excluding carboxylic acids is 1. The highest BCUT2D eigenvalue weighted by Gasteiger charge is 2.12. The summed E-state index contributed by atoms with van der Waals surface area (Å²) in [6.45, 7) is 3.40. The van der Waals surface area contributed by atoms with Crippen LogP contribution in [0.5, 0.6) is 0 Å². The highest BCUT2D eigenvalue weighted by molar-refractivity contribution is 5.87. The molecule has 0 atom stereocenters. The van der Waals surface area contributed by atoms with Crippen molar-refractivity contribution in [2.24, 2.45) is 0 Å². The predicted octanol–water partition coefficient (Wildman–Crippen LogP) is 2.58. The second-order valence-corrected chi connectivity index (χ2v) is 4.74. The zero-order valence-electron chi connectivity index (χ0n) is 9.78. The fourth-order valence-corrected chi connectivity index (χ4v) is 2.55. The van der Waals surface area contributed by atoms with Crippen LogP contribution in [0, 0.1) is 0 Å². The molecular weight excluding hydrogens is 212 g/mol. The highest BCUT2D eigenvalue weighted by Crippen LogP contribution is 2.19. The topological polar surface area (TPSA) is 36.1 Å². The lowest BCUT2D eigenvalue weighted by Crippen LogP contribution is -2.18. The molecule has 1 fully saturated rings. The van der Waals surface area contributed by atoms with Gasteiger partial charge in [0.05, 0.1) is 0 Å². The lowest BCUT2D eigenvalue weighted by molar-refractivity contribution is 0.112. The summed E-state index contributed by atoms with van der Waals surface area (Å²) in [7, 11) is 0. The van der Waals surface area contributed by atoms with Gasteiger partial charge in [-0.05, 0) is 50.2 Å². The number of H-pyrrole nitrogens is 1. The standard InChI is InChI=1S/C14H16N2O/c17-10-11-3-4-14-12(7-11)8-13(15-14)9-16-5-1-2-6-16/h3-4,7-8,10,15H,1-2,5-6,9H2. The van der Waals surface area contributed by atoms with Gasteiger partial charge in [-0.3, -0.25) is 9.69 Å². The quantitative estimate of drug-likeness (QED) is 0.820. The molecule has 88 valence electrons. The van der Waals surface area contributed by atoms with E-state index in [9.17, 15) is 4.79 Å². The van der Waals surface area contributed by atoms with Crippen LogP contribution in [0.2, 0.25) is 0 Å². The Balaban J connectivity index is 1.87. The van der Waals surface area contributed by atoms with Crippen LogP contribution in [0.15, 0.2) is 24.3 Å². The van der Waals surface area contributed by atoms with Gasteiger partial charge in [0.1, 0.15) is 6.29 Å². The normalized spacial score (nSPS) is 16.7.